The molecule has 10 heteroatoms. The van der Waals surface area contributed by atoms with Gasteiger partial charge in [0.2, 0.25) is 10.0 Å². The molecule has 1 heterocycles. The highest BCUT2D eigenvalue weighted by Gasteiger charge is 2.25. The molecule has 156 valence electrons. The van der Waals surface area contributed by atoms with E-state index in [-0.39, 0.29) is 36.0 Å². The SMILES string of the molecule is CN(Cc1ccccc1)S(=O)(=O)c1ccc(NC(=O)N2CCS(=O)(=O)CC2)cc1. The molecule has 2 aromatic carbocycles. The van der Waals surface area contributed by atoms with Crippen molar-refractivity contribution in [2.45, 2.75) is 11.4 Å². The molecule has 2 aromatic rings. The Morgan fingerprint density at radius 3 is 2.21 bits per heavy atom. The van der Waals surface area contributed by atoms with Gasteiger partial charge in [0.25, 0.3) is 0 Å². The number of nitrogens with one attached hydrogen (secondary N) is 1. The topological polar surface area (TPSA) is 104 Å². The maximum atomic E-state index is 12.8. The largest absolute Gasteiger partial charge is 0.322 e. The second kappa shape index (κ2) is 8.52. The number of rotatable bonds is 5. The lowest BCUT2D eigenvalue weighted by atomic mass is 10.2. The van der Waals surface area contributed by atoms with E-state index in [1.165, 1.54) is 40.5 Å². The Labute approximate surface area is 171 Å². The molecule has 3 rings (SSSR count). The van der Waals surface area contributed by atoms with Crippen LogP contribution in [0.5, 0.6) is 0 Å². The second-order valence-electron chi connectivity index (χ2n) is 6.84. The van der Waals surface area contributed by atoms with Gasteiger partial charge in [0, 0.05) is 32.4 Å². The number of carbonyl (C=O) groups excluding carboxylic acids is 1. The van der Waals surface area contributed by atoms with E-state index in [0.717, 1.165) is 5.56 Å². The molecule has 1 aliphatic rings. The van der Waals surface area contributed by atoms with Crippen molar-refractivity contribution in [3.8, 4) is 0 Å². The highest BCUT2D eigenvalue weighted by Crippen LogP contribution is 2.19. The molecule has 0 aromatic heterocycles. The Morgan fingerprint density at radius 2 is 1.62 bits per heavy atom. The van der Waals surface area contributed by atoms with Crippen LogP contribution in [-0.2, 0) is 26.4 Å². The minimum atomic E-state index is -3.67. The molecule has 1 saturated heterocycles. The van der Waals surface area contributed by atoms with Crippen LogP contribution in [0.15, 0.2) is 59.5 Å². The van der Waals surface area contributed by atoms with Gasteiger partial charge in [-0.2, -0.15) is 4.31 Å². The molecule has 29 heavy (non-hydrogen) atoms. The van der Waals surface area contributed by atoms with E-state index < -0.39 is 25.9 Å². The molecule has 0 spiro atoms. The highest BCUT2D eigenvalue weighted by molar-refractivity contribution is 7.91. The van der Waals surface area contributed by atoms with E-state index >= 15 is 0 Å². The molecule has 0 radical (unpaired) electrons. The van der Waals surface area contributed by atoms with E-state index in [2.05, 4.69) is 5.32 Å². The summed E-state index contributed by atoms with van der Waals surface area (Å²) in [6.07, 6.45) is 0. The summed E-state index contributed by atoms with van der Waals surface area (Å²) in [5, 5.41) is 2.67. The van der Waals surface area contributed by atoms with E-state index in [9.17, 15) is 21.6 Å². The molecule has 1 N–H and O–H groups in total. The van der Waals surface area contributed by atoms with Crippen molar-refractivity contribution in [3.05, 3.63) is 60.2 Å². The molecule has 0 bridgehead atoms. The first kappa shape index (κ1) is 21.3. The molecular weight excluding hydrogens is 414 g/mol. The number of nitrogens with zero attached hydrogens (tertiary/aromatic N) is 2. The van der Waals surface area contributed by atoms with Crippen LogP contribution in [-0.4, -0.2) is 63.7 Å². The van der Waals surface area contributed by atoms with Gasteiger partial charge < -0.3 is 10.2 Å². The number of anilines is 1. The van der Waals surface area contributed by atoms with Gasteiger partial charge in [0.15, 0.2) is 9.84 Å². The lowest BCUT2D eigenvalue weighted by Gasteiger charge is -2.26. The van der Waals surface area contributed by atoms with Gasteiger partial charge in [-0.3, -0.25) is 0 Å². The first-order valence-corrected chi connectivity index (χ1v) is 12.3. The van der Waals surface area contributed by atoms with Crippen molar-refractivity contribution >= 4 is 31.6 Å². The number of sulfone groups is 1. The monoisotopic (exact) mass is 437 g/mol. The van der Waals surface area contributed by atoms with E-state index in [1.807, 2.05) is 30.3 Å². The average molecular weight is 438 g/mol. The van der Waals surface area contributed by atoms with Crippen molar-refractivity contribution in [2.24, 2.45) is 0 Å². The van der Waals surface area contributed by atoms with Gasteiger partial charge in [-0.15, -0.1) is 0 Å². The summed E-state index contributed by atoms with van der Waals surface area (Å²) in [6, 6.07) is 14.8. The van der Waals surface area contributed by atoms with Gasteiger partial charge in [0.05, 0.1) is 16.4 Å². The fourth-order valence-corrected chi connectivity index (χ4v) is 5.29. The summed E-state index contributed by atoms with van der Waals surface area (Å²) in [6.45, 7) is 0.537. The normalized spacial score (nSPS) is 16.6. The number of sulfonamides is 1. The van der Waals surface area contributed by atoms with Crippen LogP contribution >= 0.6 is 0 Å². The van der Waals surface area contributed by atoms with E-state index in [1.54, 1.807) is 0 Å². The predicted octanol–water partition coefficient (Wildman–Crippen LogP) is 1.77. The Morgan fingerprint density at radius 1 is 1.03 bits per heavy atom. The molecule has 1 fully saturated rings. The second-order valence-corrected chi connectivity index (χ2v) is 11.2. The van der Waals surface area contributed by atoms with Crippen LogP contribution in [0.3, 0.4) is 0 Å². The third-order valence-electron chi connectivity index (χ3n) is 4.69. The summed E-state index contributed by atoms with van der Waals surface area (Å²) >= 11 is 0. The molecule has 0 aliphatic carbocycles. The van der Waals surface area contributed by atoms with Crippen molar-refractivity contribution in [1.82, 2.24) is 9.21 Å². The number of amides is 2. The Balaban J connectivity index is 1.64. The summed E-state index contributed by atoms with van der Waals surface area (Å²) in [5.74, 6) is -0.100. The summed E-state index contributed by atoms with van der Waals surface area (Å²) in [5.41, 5.74) is 1.32. The molecule has 0 unspecified atom stereocenters. The highest BCUT2D eigenvalue weighted by atomic mass is 32.2. The van der Waals surface area contributed by atoms with Crippen molar-refractivity contribution in [1.29, 1.82) is 0 Å². The summed E-state index contributed by atoms with van der Waals surface area (Å²) in [4.78, 5) is 13.8. The Kier molecular flexibility index (Phi) is 6.25. The Bertz CT molecular complexity index is 1050. The number of hydrogen-bond acceptors (Lipinski definition) is 5. The van der Waals surface area contributed by atoms with Crippen LogP contribution in [0.25, 0.3) is 0 Å². The van der Waals surface area contributed by atoms with Crippen molar-refractivity contribution < 1.29 is 21.6 Å². The molecule has 1 aliphatic heterocycles. The third-order valence-corrected chi connectivity index (χ3v) is 8.12. The van der Waals surface area contributed by atoms with Crippen molar-refractivity contribution in [2.75, 3.05) is 37.0 Å². The molecule has 8 nitrogen and oxygen atoms in total. The summed E-state index contributed by atoms with van der Waals surface area (Å²) in [7, 11) is -5.22. The van der Waals surface area contributed by atoms with Crippen LogP contribution in [0, 0.1) is 0 Å². The van der Waals surface area contributed by atoms with Crippen LogP contribution in [0.1, 0.15) is 5.56 Å². The maximum absolute atomic E-state index is 12.8. The van der Waals surface area contributed by atoms with Crippen LogP contribution in [0.4, 0.5) is 10.5 Å². The first-order valence-electron chi connectivity index (χ1n) is 9.04. The molecule has 0 saturated carbocycles. The van der Waals surface area contributed by atoms with Gasteiger partial charge in [-0.05, 0) is 29.8 Å². The summed E-state index contributed by atoms with van der Waals surface area (Å²) < 4.78 is 49.7. The predicted molar refractivity (Wildman–Crippen MR) is 111 cm³/mol. The third kappa shape index (κ3) is 5.34. The van der Waals surface area contributed by atoms with Gasteiger partial charge in [-0.1, -0.05) is 30.3 Å². The number of urea groups is 1. The van der Waals surface area contributed by atoms with Crippen LogP contribution in [0.2, 0.25) is 0 Å². The molecular formula is C19H23N3O5S2. The minimum absolute atomic E-state index is 0.0502. The average Bonchev–Trinajstić information content (AvgIpc) is 2.69. The quantitative estimate of drug-likeness (QED) is 0.768. The number of hydrogen-bond donors (Lipinski definition) is 1. The Hall–Kier alpha value is -2.43. The zero-order chi connectivity index (χ0) is 21.1. The maximum Gasteiger partial charge on any atom is 0.321 e. The lowest BCUT2D eigenvalue weighted by molar-refractivity contribution is 0.216. The van der Waals surface area contributed by atoms with Crippen molar-refractivity contribution in [3.63, 3.8) is 0 Å². The van der Waals surface area contributed by atoms with E-state index in [4.69, 9.17) is 0 Å². The zero-order valence-electron chi connectivity index (χ0n) is 16.0. The standard InChI is InChI=1S/C19H23N3O5S2/c1-21(15-16-5-3-2-4-6-16)29(26,27)18-9-7-17(8-10-18)20-19(23)22-11-13-28(24,25)14-12-22/h2-10H,11-15H2,1H3,(H,20,23). The fraction of sp³-hybridized carbons (Fsp3) is 0.316. The first-order chi connectivity index (χ1) is 13.7. The molecule has 0 atom stereocenters. The lowest BCUT2D eigenvalue weighted by Crippen LogP contribution is -2.45. The van der Waals surface area contributed by atoms with Gasteiger partial charge in [-0.25, -0.2) is 21.6 Å². The van der Waals surface area contributed by atoms with Gasteiger partial charge >= 0.3 is 6.03 Å². The zero-order valence-corrected chi connectivity index (χ0v) is 17.6. The minimum Gasteiger partial charge on any atom is -0.322 e. The number of benzene rings is 2. The van der Waals surface area contributed by atoms with Gasteiger partial charge in [0.1, 0.15) is 0 Å². The smallest absolute Gasteiger partial charge is 0.321 e. The molecule has 2 amide bonds. The fourth-order valence-electron chi connectivity index (χ4n) is 2.93. The number of carbonyl (C=O) groups is 1. The van der Waals surface area contributed by atoms with Crippen LogP contribution < -0.4 is 5.32 Å². The van der Waals surface area contributed by atoms with E-state index in [0.29, 0.717) is 5.69 Å².